The zero-order valence-corrected chi connectivity index (χ0v) is 18.5. The van der Waals surface area contributed by atoms with Crippen molar-refractivity contribution in [2.24, 2.45) is 0 Å². The van der Waals surface area contributed by atoms with Crippen LogP contribution in [0, 0.1) is 0 Å². The van der Waals surface area contributed by atoms with Crippen molar-refractivity contribution in [1.29, 1.82) is 0 Å². The fourth-order valence-electron chi connectivity index (χ4n) is 2.87. The SMILES string of the molecule is CC(C)c1cc(C(C)C)c2c(S(=O)(=O)[O-])cc(C(C)C)cc2c1.[Na+]. The van der Waals surface area contributed by atoms with Gasteiger partial charge in [-0.25, -0.2) is 8.42 Å². The quantitative estimate of drug-likeness (QED) is 0.623. The van der Waals surface area contributed by atoms with Crippen LogP contribution >= 0.6 is 0 Å². The van der Waals surface area contributed by atoms with Crippen LogP contribution in [0.25, 0.3) is 10.8 Å². The van der Waals surface area contributed by atoms with Crippen LogP contribution in [-0.4, -0.2) is 13.0 Å². The van der Waals surface area contributed by atoms with E-state index in [4.69, 9.17) is 0 Å². The first-order chi connectivity index (χ1) is 10.5. The summed E-state index contributed by atoms with van der Waals surface area (Å²) in [4.78, 5) is -0.0855. The van der Waals surface area contributed by atoms with Gasteiger partial charge in [0.05, 0.1) is 4.90 Å². The van der Waals surface area contributed by atoms with Gasteiger partial charge in [-0.3, -0.25) is 0 Å². The Hall–Kier alpha value is -0.390. The van der Waals surface area contributed by atoms with Crippen molar-refractivity contribution >= 4 is 20.9 Å². The average Bonchev–Trinajstić information content (AvgIpc) is 2.43. The molecule has 126 valence electrons. The average molecular weight is 356 g/mol. The molecule has 0 saturated heterocycles. The van der Waals surface area contributed by atoms with Crippen LogP contribution in [0.1, 0.15) is 76.0 Å². The predicted octanol–water partition coefficient (Wildman–Crippen LogP) is 2.12. The van der Waals surface area contributed by atoms with E-state index in [-0.39, 0.29) is 46.3 Å². The molecule has 3 nitrogen and oxygen atoms in total. The largest absolute Gasteiger partial charge is 1.00 e. The first-order valence-electron chi connectivity index (χ1n) is 8.09. The zero-order chi connectivity index (χ0) is 17.5. The molecular weight excluding hydrogens is 331 g/mol. The smallest absolute Gasteiger partial charge is 0.744 e. The Bertz CT molecular complexity index is 832. The summed E-state index contributed by atoms with van der Waals surface area (Å²) in [5.74, 6) is 0.638. The van der Waals surface area contributed by atoms with Crippen LogP contribution in [0.3, 0.4) is 0 Å². The number of rotatable bonds is 4. The molecule has 0 aliphatic heterocycles. The van der Waals surface area contributed by atoms with Gasteiger partial charge in [-0.05, 0) is 45.9 Å². The van der Waals surface area contributed by atoms with E-state index in [1.807, 2.05) is 45.9 Å². The van der Waals surface area contributed by atoms with Crippen molar-refractivity contribution < 1.29 is 42.5 Å². The second-order valence-corrected chi connectivity index (χ2v) is 8.49. The van der Waals surface area contributed by atoms with E-state index in [0.717, 1.165) is 22.1 Å². The molecule has 5 heteroatoms. The molecule has 0 radical (unpaired) electrons. The summed E-state index contributed by atoms with van der Waals surface area (Å²) in [5.41, 5.74) is 2.97. The molecule has 0 saturated carbocycles. The van der Waals surface area contributed by atoms with Crippen LogP contribution in [-0.2, 0) is 10.1 Å². The van der Waals surface area contributed by atoms with Crippen LogP contribution in [0.5, 0.6) is 0 Å². The molecule has 0 amide bonds. The Morgan fingerprint density at radius 3 is 1.62 bits per heavy atom. The molecule has 0 bridgehead atoms. The van der Waals surface area contributed by atoms with E-state index >= 15 is 0 Å². The van der Waals surface area contributed by atoms with Gasteiger partial charge < -0.3 is 4.55 Å². The van der Waals surface area contributed by atoms with Crippen LogP contribution in [0.15, 0.2) is 29.2 Å². The van der Waals surface area contributed by atoms with Crippen LogP contribution in [0.4, 0.5) is 0 Å². The molecule has 0 atom stereocenters. The summed E-state index contributed by atoms with van der Waals surface area (Å²) in [6.07, 6.45) is 0. The topological polar surface area (TPSA) is 57.2 Å². The van der Waals surface area contributed by atoms with Crippen molar-refractivity contribution in [1.82, 2.24) is 0 Å². The van der Waals surface area contributed by atoms with E-state index in [1.165, 1.54) is 0 Å². The second-order valence-electron chi connectivity index (χ2n) is 7.15. The molecule has 0 unspecified atom stereocenters. The second kappa shape index (κ2) is 7.88. The van der Waals surface area contributed by atoms with E-state index in [2.05, 4.69) is 13.8 Å². The van der Waals surface area contributed by atoms with Gasteiger partial charge in [0.1, 0.15) is 10.1 Å². The van der Waals surface area contributed by atoms with Crippen molar-refractivity contribution in [3.8, 4) is 0 Å². The summed E-state index contributed by atoms with van der Waals surface area (Å²) >= 11 is 0. The minimum Gasteiger partial charge on any atom is -0.744 e. The zero-order valence-electron chi connectivity index (χ0n) is 15.7. The molecule has 0 fully saturated rings. The molecule has 0 spiro atoms. The summed E-state index contributed by atoms with van der Waals surface area (Å²) < 4.78 is 35.6. The molecular formula is C19H25NaO3S. The summed E-state index contributed by atoms with van der Waals surface area (Å²) in [6.45, 7) is 12.3. The predicted molar refractivity (Wildman–Crippen MR) is 94.2 cm³/mol. The monoisotopic (exact) mass is 356 g/mol. The molecule has 0 aliphatic carbocycles. The molecule has 0 N–H and O–H groups in total. The molecule has 2 aromatic carbocycles. The number of hydrogen-bond donors (Lipinski definition) is 0. The Kier molecular flexibility index (Phi) is 7.11. The Labute approximate surface area is 167 Å². The fraction of sp³-hybridized carbons (Fsp3) is 0.474. The first-order valence-corrected chi connectivity index (χ1v) is 9.50. The molecule has 0 aromatic heterocycles. The van der Waals surface area contributed by atoms with Gasteiger partial charge in [0.2, 0.25) is 0 Å². The van der Waals surface area contributed by atoms with Crippen molar-refractivity contribution in [3.63, 3.8) is 0 Å². The van der Waals surface area contributed by atoms with Crippen LogP contribution < -0.4 is 29.6 Å². The van der Waals surface area contributed by atoms with Gasteiger partial charge in [0.15, 0.2) is 0 Å². The maximum absolute atomic E-state index is 11.9. The molecule has 2 rings (SSSR count). The van der Waals surface area contributed by atoms with Crippen LogP contribution in [0.2, 0.25) is 0 Å². The standard InChI is InChI=1S/C19H26O3S.Na/c1-11(2)14-7-16-8-15(12(3)4)10-18(23(20,21)22)19(16)17(9-14)13(5)6;/h7-13H,1-6H3,(H,20,21,22);/q;+1/p-1. The third kappa shape index (κ3) is 4.41. The summed E-state index contributed by atoms with van der Waals surface area (Å²) in [7, 11) is -4.52. The Morgan fingerprint density at radius 2 is 1.25 bits per heavy atom. The number of hydrogen-bond acceptors (Lipinski definition) is 3. The molecule has 24 heavy (non-hydrogen) atoms. The molecule has 0 aliphatic rings. The van der Waals surface area contributed by atoms with E-state index in [9.17, 15) is 13.0 Å². The van der Waals surface area contributed by atoms with Gasteiger partial charge in [0.25, 0.3) is 0 Å². The molecule has 0 heterocycles. The third-order valence-corrected chi connectivity index (χ3v) is 5.17. The first kappa shape index (κ1) is 21.7. The van der Waals surface area contributed by atoms with Gasteiger partial charge in [-0.15, -0.1) is 0 Å². The Balaban J connectivity index is 0.00000288. The normalized spacial score (nSPS) is 12.2. The minimum absolute atomic E-state index is 0. The van der Waals surface area contributed by atoms with E-state index in [1.54, 1.807) is 6.07 Å². The fourth-order valence-corrected chi connectivity index (χ4v) is 3.64. The van der Waals surface area contributed by atoms with E-state index < -0.39 is 10.1 Å². The van der Waals surface area contributed by atoms with Crippen molar-refractivity contribution in [2.45, 2.75) is 64.2 Å². The van der Waals surface area contributed by atoms with Gasteiger partial charge >= 0.3 is 29.6 Å². The van der Waals surface area contributed by atoms with Gasteiger partial charge in [0, 0.05) is 5.39 Å². The van der Waals surface area contributed by atoms with Crippen molar-refractivity contribution in [2.75, 3.05) is 0 Å². The molecule has 2 aromatic rings. The minimum atomic E-state index is -4.52. The number of fused-ring (bicyclic) bond motifs is 1. The maximum atomic E-state index is 11.9. The summed E-state index contributed by atoms with van der Waals surface area (Å²) in [5, 5.41) is 1.43. The third-order valence-electron chi connectivity index (χ3n) is 4.31. The maximum Gasteiger partial charge on any atom is 1.00 e. The van der Waals surface area contributed by atoms with Gasteiger partial charge in [-0.2, -0.15) is 0 Å². The summed E-state index contributed by atoms with van der Waals surface area (Å²) in [6, 6.07) is 7.64. The van der Waals surface area contributed by atoms with Crippen molar-refractivity contribution in [3.05, 3.63) is 41.0 Å². The Morgan fingerprint density at radius 1 is 0.792 bits per heavy atom. The van der Waals surface area contributed by atoms with Gasteiger partial charge in [-0.1, -0.05) is 59.7 Å². The van der Waals surface area contributed by atoms with E-state index in [0.29, 0.717) is 11.3 Å². The number of benzene rings is 2.